The summed E-state index contributed by atoms with van der Waals surface area (Å²) >= 11 is 0. The first-order valence-corrected chi connectivity index (χ1v) is 2.64. The summed E-state index contributed by atoms with van der Waals surface area (Å²) in [5, 5.41) is 8.53. The minimum atomic E-state index is 0.245. The quantitative estimate of drug-likeness (QED) is 0.430. The highest BCUT2D eigenvalue weighted by atomic mass is 16.3. The van der Waals surface area contributed by atoms with Gasteiger partial charge in [-0.15, -0.1) is 0 Å². The summed E-state index contributed by atoms with van der Waals surface area (Å²) in [5.41, 5.74) is 0. The molecule has 0 aromatic carbocycles. The molecule has 0 spiro atoms. The number of hydrogen-bond donors (Lipinski definition) is 1. The molecule has 0 aliphatic heterocycles. The standard InChI is InChI=1S/C6H11NO/c1-3-4-7-5-6(2)8/h4-5,8H,3H2,1-2H3/b6-5-,7-4?. The van der Waals surface area contributed by atoms with Crippen LogP contribution in [0.5, 0.6) is 0 Å². The van der Waals surface area contributed by atoms with Gasteiger partial charge < -0.3 is 5.11 Å². The van der Waals surface area contributed by atoms with Gasteiger partial charge in [-0.25, -0.2) is 0 Å². The molecular weight excluding hydrogens is 102 g/mol. The molecule has 0 radical (unpaired) electrons. The fourth-order valence-corrected chi connectivity index (χ4v) is 0.266. The van der Waals surface area contributed by atoms with Gasteiger partial charge in [0.05, 0.1) is 6.20 Å². The summed E-state index contributed by atoms with van der Waals surface area (Å²) in [7, 11) is 0. The van der Waals surface area contributed by atoms with Crippen LogP contribution in [0.3, 0.4) is 0 Å². The molecule has 0 saturated heterocycles. The maximum atomic E-state index is 8.53. The highest BCUT2D eigenvalue weighted by Gasteiger charge is 1.70. The molecule has 0 rings (SSSR count). The summed E-state index contributed by atoms with van der Waals surface area (Å²) in [5.74, 6) is 0.245. The van der Waals surface area contributed by atoms with E-state index in [1.54, 1.807) is 13.1 Å². The number of aliphatic hydroxyl groups is 1. The Hall–Kier alpha value is -0.790. The molecule has 2 nitrogen and oxygen atoms in total. The molecule has 0 bridgehead atoms. The van der Waals surface area contributed by atoms with Gasteiger partial charge in [-0.1, -0.05) is 6.92 Å². The predicted molar refractivity (Wildman–Crippen MR) is 35.2 cm³/mol. The number of rotatable bonds is 2. The van der Waals surface area contributed by atoms with Crippen LogP contribution in [0.1, 0.15) is 20.3 Å². The minimum absolute atomic E-state index is 0.245. The summed E-state index contributed by atoms with van der Waals surface area (Å²) < 4.78 is 0. The Balaban J connectivity index is 3.42. The van der Waals surface area contributed by atoms with Gasteiger partial charge >= 0.3 is 0 Å². The third kappa shape index (κ3) is 5.21. The Bertz CT molecular complexity index is 101. The van der Waals surface area contributed by atoms with E-state index in [9.17, 15) is 0 Å². The van der Waals surface area contributed by atoms with Gasteiger partial charge in [-0.2, -0.15) is 0 Å². The maximum absolute atomic E-state index is 8.53. The summed E-state index contributed by atoms with van der Waals surface area (Å²) in [6.45, 7) is 3.58. The number of hydrogen-bond acceptors (Lipinski definition) is 2. The van der Waals surface area contributed by atoms with Crippen LogP contribution in [0.25, 0.3) is 0 Å². The first-order valence-electron chi connectivity index (χ1n) is 2.64. The highest BCUT2D eigenvalue weighted by Crippen LogP contribution is 1.82. The van der Waals surface area contributed by atoms with Gasteiger partial charge in [0.25, 0.3) is 0 Å². The van der Waals surface area contributed by atoms with E-state index >= 15 is 0 Å². The third-order valence-electron chi connectivity index (χ3n) is 0.549. The molecule has 0 saturated carbocycles. The van der Waals surface area contributed by atoms with Gasteiger partial charge in [0, 0.05) is 6.21 Å². The Morgan fingerprint density at radius 2 is 2.38 bits per heavy atom. The molecular formula is C6H11NO. The molecule has 0 unspecified atom stereocenters. The molecule has 0 fully saturated rings. The van der Waals surface area contributed by atoms with Crippen molar-refractivity contribution in [2.45, 2.75) is 20.3 Å². The van der Waals surface area contributed by atoms with Crippen molar-refractivity contribution in [2.75, 3.05) is 0 Å². The first kappa shape index (κ1) is 7.21. The van der Waals surface area contributed by atoms with Crippen LogP contribution in [0, 0.1) is 0 Å². The van der Waals surface area contributed by atoms with Crippen molar-refractivity contribution in [3.63, 3.8) is 0 Å². The van der Waals surface area contributed by atoms with Crippen LogP contribution in [0.15, 0.2) is 17.0 Å². The largest absolute Gasteiger partial charge is 0.511 e. The van der Waals surface area contributed by atoms with E-state index in [-0.39, 0.29) is 5.76 Å². The molecule has 0 aliphatic rings. The van der Waals surface area contributed by atoms with E-state index < -0.39 is 0 Å². The lowest BCUT2D eigenvalue weighted by Crippen LogP contribution is -1.68. The molecule has 0 amide bonds. The molecule has 0 aliphatic carbocycles. The topological polar surface area (TPSA) is 32.6 Å². The SMILES string of the molecule is CCC=N/C=C(/C)O. The number of aliphatic imine (C=N–C) groups is 1. The van der Waals surface area contributed by atoms with Gasteiger partial charge in [0.2, 0.25) is 0 Å². The Labute approximate surface area is 49.6 Å². The Morgan fingerprint density at radius 3 is 2.75 bits per heavy atom. The summed E-state index contributed by atoms with van der Waals surface area (Å²) in [6.07, 6.45) is 4.06. The van der Waals surface area contributed by atoms with E-state index in [0.717, 1.165) is 6.42 Å². The van der Waals surface area contributed by atoms with E-state index in [2.05, 4.69) is 4.99 Å². The van der Waals surface area contributed by atoms with Crippen LogP contribution in [-0.4, -0.2) is 11.3 Å². The molecule has 0 aromatic heterocycles. The van der Waals surface area contributed by atoms with Gasteiger partial charge in [0.1, 0.15) is 5.76 Å². The molecule has 8 heavy (non-hydrogen) atoms. The van der Waals surface area contributed by atoms with Crippen molar-refractivity contribution in [3.8, 4) is 0 Å². The van der Waals surface area contributed by atoms with Gasteiger partial charge in [0.15, 0.2) is 0 Å². The van der Waals surface area contributed by atoms with Crippen molar-refractivity contribution in [2.24, 2.45) is 4.99 Å². The van der Waals surface area contributed by atoms with Crippen LogP contribution in [-0.2, 0) is 0 Å². The van der Waals surface area contributed by atoms with E-state index in [0.29, 0.717) is 0 Å². The molecule has 0 heterocycles. The zero-order valence-corrected chi connectivity index (χ0v) is 5.26. The predicted octanol–water partition coefficient (Wildman–Crippen LogP) is 1.89. The second kappa shape index (κ2) is 4.37. The van der Waals surface area contributed by atoms with Gasteiger partial charge in [-0.3, -0.25) is 4.99 Å². The van der Waals surface area contributed by atoms with Crippen molar-refractivity contribution in [1.29, 1.82) is 0 Å². The average Bonchev–Trinajstić information content (AvgIpc) is 1.66. The van der Waals surface area contributed by atoms with Crippen LogP contribution in [0.4, 0.5) is 0 Å². The maximum Gasteiger partial charge on any atom is 0.107 e. The Kier molecular flexibility index (Phi) is 3.94. The molecule has 0 atom stereocenters. The highest BCUT2D eigenvalue weighted by molar-refractivity contribution is 5.57. The van der Waals surface area contributed by atoms with E-state index in [4.69, 9.17) is 5.11 Å². The average molecular weight is 113 g/mol. The van der Waals surface area contributed by atoms with Crippen LogP contribution in [0.2, 0.25) is 0 Å². The van der Waals surface area contributed by atoms with Gasteiger partial charge in [-0.05, 0) is 13.3 Å². The van der Waals surface area contributed by atoms with E-state index in [1.807, 2.05) is 6.92 Å². The second-order valence-electron chi connectivity index (χ2n) is 1.51. The first-order chi connectivity index (χ1) is 3.77. The molecule has 0 aromatic rings. The van der Waals surface area contributed by atoms with Crippen LogP contribution >= 0.6 is 0 Å². The minimum Gasteiger partial charge on any atom is -0.511 e. The van der Waals surface area contributed by atoms with E-state index in [1.165, 1.54) is 6.20 Å². The lowest BCUT2D eigenvalue weighted by atomic mass is 10.5. The lowest BCUT2D eigenvalue weighted by Gasteiger charge is -1.80. The smallest absolute Gasteiger partial charge is 0.107 e. The zero-order valence-electron chi connectivity index (χ0n) is 5.26. The molecule has 2 heteroatoms. The van der Waals surface area contributed by atoms with Crippen molar-refractivity contribution < 1.29 is 5.11 Å². The number of aliphatic hydroxyl groups excluding tert-OH is 1. The fraction of sp³-hybridized carbons (Fsp3) is 0.500. The summed E-state index contributed by atoms with van der Waals surface area (Å²) in [6, 6.07) is 0. The second-order valence-corrected chi connectivity index (χ2v) is 1.51. The van der Waals surface area contributed by atoms with Crippen molar-refractivity contribution in [1.82, 2.24) is 0 Å². The third-order valence-corrected chi connectivity index (χ3v) is 0.549. The van der Waals surface area contributed by atoms with Crippen molar-refractivity contribution >= 4 is 6.21 Å². The molecule has 46 valence electrons. The van der Waals surface area contributed by atoms with Crippen molar-refractivity contribution in [3.05, 3.63) is 12.0 Å². The Morgan fingerprint density at radius 1 is 1.75 bits per heavy atom. The normalized spacial score (nSPS) is 13.0. The monoisotopic (exact) mass is 113 g/mol. The number of allylic oxidation sites excluding steroid dienone is 1. The zero-order chi connectivity index (χ0) is 6.41. The molecule has 1 N–H and O–H groups in total. The lowest BCUT2D eigenvalue weighted by molar-refractivity contribution is 0.412. The fourth-order valence-electron chi connectivity index (χ4n) is 0.266. The number of nitrogens with zero attached hydrogens (tertiary/aromatic N) is 1. The van der Waals surface area contributed by atoms with Crippen LogP contribution < -0.4 is 0 Å². The summed E-state index contributed by atoms with van der Waals surface area (Å²) in [4.78, 5) is 3.75.